The topological polar surface area (TPSA) is 96.9 Å². The van der Waals surface area contributed by atoms with Crippen molar-refractivity contribution in [3.63, 3.8) is 0 Å². The van der Waals surface area contributed by atoms with Gasteiger partial charge in [-0.1, -0.05) is 42.5 Å². The number of carbonyl (C=O) groups excluding carboxylic acids is 1. The number of aliphatic carboxylic acids is 1. The number of rotatable bonds is 10. The van der Waals surface area contributed by atoms with E-state index in [-0.39, 0.29) is 25.0 Å². The number of nitrogens with one attached hydrogen (secondary N) is 2. The quantitative estimate of drug-likeness (QED) is 0.583. The summed E-state index contributed by atoms with van der Waals surface area (Å²) in [5.74, 6) is 0.268. The first-order chi connectivity index (χ1) is 13.5. The largest absolute Gasteiger partial charge is 0.493 e. The molecule has 0 bridgehead atoms. The van der Waals surface area contributed by atoms with Gasteiger partial charge in [0.2, 0.25) is 0 Å². The van der Waals surface area contributed by atoms with Crippen molar-refractivity contribution in [2.24, 2.45) is 0 Å². The highest BCUT2D eigenvalue weighted by molar-refractivity contribution is 5.74. The highest BCUT2D eigenvalue weighted by Crippen LogP contribution is 2.30. The number of para-hydroxylation sites is 1. The van der Waals surface area contributed by atoms with E-state index in [1.807, 2.05) is 42.5 Å². The summed E-state index contributed by atoms with van der Waals surface area (Å²) in [5, 5.41) is 14.6. The van der Waals surface area contributed by atoms with Gasteiger partial charge in [0.05, 0.1) is 14.2 Å². The third-order valence-electron chi connectivity index (χ3n) is 4.29. The predicted octanol–water partition coefficient (Wildman–Crippen LogP) is 2.98. The van der Waals surface area contributed by atoms with Crippen LogP contribution in [0.2, 0.25) is 0 Å². The fraction of sp³-hybridized carbons (Fsp3) is 0.333. The molecule has 0 saturated carbocycles. The van der Waals surface area contributed by atoms with E-state index >= 15 is 0 Å². The molecule has 0 aromatic heterocycles. The van der Waals surface area contributed by atoms with Gasteiger partial charge < -0.3 is 25.2 Å². The monoisotopic (exact) mass is 386 g/mol. The van der Waals surface area contributed by atoms with Crippen LogP contribution < -0.4 is 20.1 Å². The van der Waals surface area contributed by atoms with E-state index in [1.54, 1.807) is 20.3 Å². The highest BCUT2D eigenvalue weighted by Gasteiger charge is 2.16. The molecule has 1 unspecified atom stereocenters. The minimum Gasteiger partial charge on any atom is -0.493 e. The summed E-state index contributed by atoms with van der Waals surface area (Å²) in [7, 11) is 3.10. The second-order valence-corrected chi connectivity index (χ2v) is 6.30. The van der Waals surface area contributed by atoms with Crippen molar-refractivity contribution in [3.8, 4) is 11.5 Å². The molecule has 1 atom stereocenters. The normalized spacial score (nSPS) is 11.4. The molecular weight excluding hydrogens is 360 g/mol. The van der Waals surface area contributed by atoms with Crippen LogP contribution >= 0.6 is 0 Å². The Kier molecular flexibility index (Phi) is 8.14. The fourth-order valence-corrected chi connectivity index (χ4v) is 2.93. The molecule has 0 radical (unpaired) electrons. The molecule has 0 saturated heterocycles. The van der Waals surface area contributed by atoms with Crippen molar-refractivity contribution in [2.45, 2.75) is 31.8 Å². The van der Waals surface area contributed by atoms with E-state index in [0.717, 1.165) is 11.1 Å². The van der Waals surface area contributed by atoms with Gasteiger partial charge in [0, 0.05) is 24.6 Å². The molecule has 2 rings (SSSR count). The van der Waals surface area contributed by atoms with Crippen LogP contribution in [-0.4, -0.2) is 37.4 Å². The summed E-state index contributed by atoms with van der Waals surface area (Å²) in [4.78, 5) is 23.3. The predicted molar refractivity (Wildman–Crippen MR) is 106 cm³/mol. The lowest BCUT2D eigenvalue weighted by atomic mass is 10.0. The molecule has 0 aliphatic heterocycles. The lowest BCUT2D eigenvalue weighted by molar-refractivity contribution is -0.137. The lowest BCUT2D eigenvalue weighted by Gasteiger charge is -2.19. The molecule has 0 spiro atoms. The second-order valence-electron chi connectivity index (χ2n) is 6.30. The summed E-state index contributed by atoms with van der Waals surface area (Å²) < 4.78 is 10.6. The second kappa shape index (κ2) is 10.8. The van der Waals surface area contributed by atoms with Crippen molar-refractivity contribution in [1.29, 1.82) is 0 Å². The maximum Gasteiger partial charge on any atom is 0.315 e. The summed E-state index contributed by atoms with van der Waals surface area (Å²) in [6.45, 7) is 0.253. The molecule has 150 valence electrons. The average molecular weight is 386 g/mol. The lowest BCUT2D eigenvalue weighted by Crippen LogP contribution is -2.43. The Balaban J connectivity index is 1.98. The third kappa shape index (κ3) is 6.50. The molecule has 2 aromatic rings. The van der Waals surface area contributed by atoms with Gasteiger partial charge in [-0.3, -0.25) is 4.79 Å². The maximum absolute atomic E-state index is 12.4. The number of urea groups is 1. The summed E-state index contributed by atoms with van der Waals surface area (Å²) in [6.07, 6.45) is 0.894. The summed E-state index contributed by atoms with van der Waals surface area (Å²) in [5.41, 5.74) is 1.81. The van der Waals surface area contributed by atoms with Crippen LogP contribution in [0.4, 0.5) is 4.79 Å². The van der Waals surface area contributed by atoms with Crippen molar-refractivity contribution >= 4 is 12.0 Å². The van der Waals surface area contributed by atoms with Crippen molar-refractivity contribution in [1.82, 2.24) is 10.6 Å². The number of carbonyl (C=O) groups is 2. The Morgan fingerprint density at radius 3 is 2.43 bits per heavy atom. The van der Waals surface area contributed by atoms with Crippen LogP contribution in [0.15, 0.2) is 48.5 Å². The standard InChI is InChI=1S/C21H26N2O5/c1-27-18-10-6-9-16(20(18)28-2)14-22-21(26)23-17(11-12-19(24)25)13-15-7-4-3-5-8-15/h3-10,17H,11-14H2,1-2H3,(H,24,25)(H2,22,23,26). The van der Waals surface area contributed by atoms with Crippen LogP contribution in [0.5, 0.6) is 11.5 Å². The molecule has 2 amide bonds. The number of hydrogen-bond donors (Lipinski definition) is 3. The van der Waals surface area contributed by atoms with Crippen LogP contribution in [0.3, 0.4) is 0 Å². The SMILES string of the molecule is COc1cccc(CNC(=O)NC(CCC(=O)O)Cc2ccccc2)c1OC. The zero-order valence-electron chi connectivity index (χ0n) is 16.1. The van der Waals surface area contributed by atoms with Crippen molar-refractivity contribution in [2.75, 3.05) is 14.2 Å². The highest BCUT2D eigenvalue weighted by atomic mass is 16.5. The number of ether oxygens (including phenoxy) is 2. The third-order valence-corrected chi connectivity index (χ3v) is 4.29. The van der Waals surface area contributed by atoms with Gasteiger partial charge in [-0.05, 0) is 24.5 Å². The molecule has 7 nitrogen and oxygen atoms in total. The van der Waals surface area contributed by atoms with Gasteiger partial charge >= 0.3 is 12.0 Å². The van der Waals surface area contributed by atoms with Crippen LogP contribution in [0.1, 0.15) is 24.0 Å². The van der Waals surface area contributed by atoms with Gasteiger partial charge in [0.15, 0.2) is 11.5 Å². The Morgan fingerprint density at radius 1 is 1.04 bits per heavy atom. The van der Waals surface area contributed by atoms with Crippen molar-refractivity contribution < 1.29 is 24.2 Å². The van der Waals surface area contributed by atoms with E-state index in [0.29, 0.717) is 24.3 Å². The molecule has 7 heteroatoms. The van der Waals surface area contributed by atoms with Crippen molar-refractivity contribution in [3.05, 3.63) is 59.7 Å². The van der Waals surface area contributed by atoms with E-state index in [4.69, 9.17) is 14.6 Å². The zero-order valence-corrected chi connectivity index (χ0v) is 16.1. The molecule has 0 fully saturated rings. The van der Waals surface area contributed by atoms with Gasteiger partial charge in [0.25, 0.3) is 0 Å². The number of amides is 2. The molecule has 2 aromatic carbocycles. The van der Waals surface area contributed by atoms with Gasteiger partial charge in [-0.2, -0.15) is 0 Å². The molecule has 0 aliphatic rings. The Bertz CT molecular complexity index is 780. The fourth-order valence-electron chi connectivity index (χ4n) is 2.93. The zero-order chi connectivity index (χ0) is 20.4. The average Bonchev–Trinajstić information content (AvgIpc) is 2.70. The number of methoxy groups -OCH3 is 2. The number of hydrogen-bond acceptors (Lipinski definition) is 4. The van der Waals surface area contributed by atoms with E-state index in [1.165, 1.54) is 0 Å². The minimum absolute atomic E-state index is 0.0124. The Hall–Kier alpha value is -3.22. The smallest absolute Gasteiger partial charge is 0.315 e. The van der Waals surface area contributed by atoms with Gasteiger partial charge in [-0.25, -0.2) is 4.79 Å². The molecule has 28 heavy (non-hydrogen) atoms. The van der Waals surface area contributed by atoms with Gasteiger partial charge in [0.1, 0.15) is 0 Å². The van der Waals surface area contributed by atoms with Crippen LogP contribution in [-0.2, 0) is 17.8 Å². The molecule has 3 N–H and O–H groups in total. The first-order valence-corrected chi connectivity index (χ1v) is 9.03. The van der Waals surface area contributed by atoms with Crippen LogP contribution in [0, 0.1) is 0 Å². The number of benzene rings is 2. The molecule has 0 heterocycles. The first-order valence-electron chi connectivity index (χ1n) is 9.03. The Morgan fingerprint density at radius 2 is 1.79 bits per heavy atom. The van der Waals surface area contributed by atoms with E-state index in [9.17, 15) is 9.59 Å². The van der Waals surface area contributed by atoms with E-state index < -0.39 is 5.97 Å². The Labute approximate surface area is 164 Å². The van der Waals surface area contributed by atoms with E-state index in [2.05, 4.69) is 10.6 Å². The summed E-state index contributed by atoms with van der Waals surface area (Å²) >= 11 is 0. The number of carboxylic acids is 1. The maximum atomic E-state index is 12.4. The summed E-state index contributed by atoms with van der Waals surface area (Å²) in [6, 6.07) is 14.4. The first kappa shape index (κ1) is 21.1. The van der Waals surface area contributed by atoms with Gasteiger partial charge in [-0.15, -0.1) is 0 Å². The molecule has 0 aliphatic carbocycles. The molecular formula is C21H26N2O5. The minimum atomic E-state index is -0.888. The number of carboxylic acid groups (broad SMARTS) is 1. The van der Waals surface area contributed by atoms with Crippen LogP contribution in [0.25, 0.3) is 0 Å².